The minimum absolute atomic E-state index is 0.0558. The fourth-order valence-corrected chi connectivity index (χ4v) is 3.80. The number of thiazole rings is 2. The summed E-state index contributed by atoms with van der Waals surface area (Å²) in [6, 6.07) is 5.37. The van der Waals surface area contributed by atoms with Gasteiger partial charge in [0.05, 0.1) is 16.6 Å². The lowest BCUT2D eigenvalue weighted by atomic mass is 10.1. The molecule has 0 aliphatic heterocycles. The number of anilines is 1. The van der Waals surface area contributed by atoms with Crippen molar-refractivity contribution < 1.29 is 0 Å². The van der Waals surface area contributed by atoms with Gasteiger partial charge in [-0.2, -0.15) is 15.8 Å². The Hall–Kier alpha value is -2.99. The van der Waals surface area contributed by atoms with Gasteiger partial charge >= 0.3 is 0 Å². The van der Waals surface area contributed by atoms with Crippen molar-refractivity contribution in [2.75, 3.05) is 18.0 Å². The fourth-order valence-electron chi connectivity index (χ4n) is 2.03. The molecule has 6 nitrogen and oxygen atoms in total. The molecular weight excluding hydrogens is 352 g/mol. The maximum atomic E-state index is 9.17. The Balaban J connectivity index is 2.21. The highest BCUT2D eigenvalue weighted by Gasteiger charge is 2.12. The maximum absolute atomic E-state index is 9.17. The molecule has 0 aromatic carbocycles. The predicted octanol–water partition coefficient (Wildman–Crippen LogP) is 3.94. The molecule has 0 N–H and O–H groups in total. The van der Waals surface area contributed by atoms with Gasteiger partial charge in [0.25, 0.3) is 0 Å². The van der Waals surface area contributed by atoms with E-state index in [0.717, 1.165) is 23.1 Å². The van der Waals surface area contributed by atoms with Gasteiger partial charge in [-0.05, 0) is 26.0 Å². The van der Waals surface area contributed by atoms with Crippen LogP contribution in [0.3, 0.4) is 0 Å². The van der Waals surface area contributed by atoms with E-state index in [2.05, 4.69) is 28.7 Å². The molecule has 0 atom stereocenters. The number of hydrogen-bond donors (Lipinski definition) is 0. The van der Waals surface area contributed by atoms with E-state index in [-0.39, 0.29) is 11.1 Å². The Labute approximate surface area is 154 Å². The van der Waals surface area contributed by atoms with Gasteiger partial charge in [0.2, 0.25) is 0 Å². The van der Waals surface area contributed by atoms with Crippen LogP contribution in [0.25, 0.3) is 17.7 Å². The van der Waals surface area contributed by atoms with Crippen LogP contribution in [0.5, 0.6) is 0 Å². The minimum atomic E-state index is -0.203. The van der Waals surface area contributed by atoms with Gasteiger partial charge in [-0.25, -0.2) is 9.97 Å². The van der Waals surface area contributed by atoms with E-state index in [9.17, 15) is 0 Å². The molecule has 2 aromatic heterocycles. The molecule has 124 valence electrons. The summed E-state index contributed by atoms with van der Waals surface area (Å²) in [4.78, 5) is 11.3. The van der Waals surface area contributed by atoms with Crippen LogP contribution < -0.4 is 4.90 Å². The monoisotopic (exact) mass is 366 g/mol. The standard InChI is InChI=1S/C17H14N6S2/c1-3-23(4-2)17-11-22-16(25-17)6-5-15-21-10-14(24-15)13(9-20)12(7-18)8-19/h5-6,10-11H,3-4H2,1-2H3/b6-5+. The minimum Gasteiger partial charge on any atom is -0.363 e. The van der Waals surface area contributed by atoms with Crippen LogP contribution in [0.1, 0.15) is 28.7 Å². The number of allylic oxidation sites excluding steroid dienone is 2. The van der Waals surface area contributed by atoms with Gasteiger partial charge in [-0.1, -0.05) is 11.3 Å². The van der Waals surface area contributed by atoms with Crippen LogP contribution >= 0.6 is 22.7 Å². The number of nitriles is 3. The largest absolute Gasteiger partial charge is 0.363 e. The van der Waals surface area contributed by atoms with E-state index >= 15 is 0 Å². The first-order valence-electron chi connectivity index (χ1n) is 7.46. The zero-order valence-electron chi connectivity index (χ0n) is 13.7. The van der Waals surface area contributed by atoms with Crippen LogP contribution in [0.15, 0.2) is 18.0 Å². The first-order chi connectivity index (χ1) is 12.2. The van der Waals surface area contributed by atoms with Crippen LogP contribution in [0.4, 0.5) is 5.00 Å². The molecule has 0 saturated carbocycles. The predicted molar refractivity (Wildman–Crippen MR) is 100 cm³/mol. The first kappa shape index (κ1) is 18.4. The summed E-state index contributed by atoms with van der Waals surface area (Å²) in [6.07, 6.45) is 7.03. The van der Waals surface area contributed by atoms with Gasteiger partial charge in [-0.15, -0.1) is 11.3 Å². The Bertz CT molecular complexity index is 909. The molecule has 0 amide bonds. The lowest BCUT2D eigenvalue weighted by Gasteiger charge is -2.17. The van der Waals surface area contributed by atoms with E-state index in [4.69, 9.17) is 15.8 Å². The summed E-state index contributed by atoms with van der Waals surface area (Å²) in [6.45, 7) is 6.07. The molecule has 0 fully saturated rings. The van der Waals surface area contributed by atoms with Gasteiger partial charge in [-0.3, -0.25) is 0 Å². The van der Waals surface area contributed by atoms with Crippen molar-refractivity contribution in [2.45, 2.75) is 13.8 Å². The van der Waals surface area contributed by atoms with Gasteiger partial charge in [0.1, 0.15) is 38.8 Å². The van der Waals surface area contributed by atoms with Crippen LogP contribution in [-0.4, -0.2) is 23.1 Å². The highest BCUT2D eigenvalue weighted by molar-refractivity contribution is 7.16. The number of rotatable bonds is 6. The van der Waals surface area contributed by atoms with Crippen molar-refractivity contribution in [3.05, 3.63) is 32.9 Å². The lowest BCUT2D eigenvalue weighted by molar-refractivity contribution is 0.874. The number of hydrogen-bond acceptors (Lipinski definition) is 8. The average Bonchev–Trinajstić information content (AvgIpc) is 3.28. The Morgan fingerprint density at radius 1 is 1.00 bits per heavy atom. The van der Waals surface area contributed by atoms with Crippen molar-refractivity contribution in [2.24, 2.45) is 0 Å². The summed E-state index contributed by atoms with van der Waals surface area (Å²) in [5.74, 6) is 0. The van der Waals surface area contributed by atoms with Crippen molar-refractivity contribution in [3.8, 4) is 18.2 Å². The molecule has 0 aliphatic rings. The highest BCUT2D eigenvalue weighted by Crippen LogP contribution is 2.27. The molecule has 2 aromatic rings. The van der Waals surface area contributed by atoms with Crippen LogP contribution in [-0.2, 0) is 0 Å². The summed E-state index contributed by atoms with van der Waals surface area (Å²) < 4.78 is 0. The highest BCUT2D eigenvalue weighted by atomic mass is 32.1. The van der Waals surface area contributed by atoms with Crippen molar-refractivity contribution in [3.63, 3.8) is 0 Å². The Morgan fingerprint density at radius 3 is 2.16 bits per heavy atom. The topological polar surface area (TPSA) is 100 Å². The van der Waals surface area contributed by atoms with Crippen molar-refractivity contribution >= 4 is 45.4 Å². The quantitative estimate of drug-likeness (QED) is 0.718. The second kappa shape index (κ2) is 8.75. The summed E-state index contributed by atoms with van der Waals surface area (Å²) in [5, 5.41) is 29.7. The van der Waals surface area contributed by atoms with Crippen molar-refractivity contribution in [1.82, 2.24) is 9.97 Å². The molecule has 0 aliphatic carbocycles. The zero-order chi connectivity index (χ0) is 18.2. The van der Waals surface area contributed by atoms with Gasteiger partial charge in [0.15, 0.2) is 0 Å². The van der Waals surface area contributed by atoms with E-state index < -0.39 is 0 Å². The van der Waals surface area contributed by atoms with E-state index in [1.165, 1.54) is 17.5 Å². The third-order valence-electron chi connectivity index (χ3n) is 3.31. The van der Waals surface area contributed by atoms with E-state index in [1.807, 2.05) is 24.4 Å². The van der Waals surface area contributed by atoms with Crippen molar-refractivity contribution in [1.29, 1.82) is 15.8 Å². The fraction of sp³-hybridized carbons (Fsp3) is 0.235. The first-order valence-corrected chi connectivity index (χ1v) is 9.09. The molecule has 25 heavy (non-hydrogen) atoms. The van der Waals surface area contributed by atoms with Gasteiger partial charge in [0, 0.05) is 19.3 Å². The summed E-state index contributed by atoms with van der Waals surface area (Å²) >= 11 is 2.85. The second-order valence-corrected chi connectivity index (χ2v) is 6.79. The lowest BCUT2D eigenvalue weighted by Crippen LogP contribution is -2.20. The summed E-state index contributed by atoms with van der Waals surface area (Å²) in [5.41, 5.74) is -0.148. The van der Waals surface area contributed by atoms with Crippen LogP contribution in [0, 0.1) is 34.0 Å². The zero-order valence-corrected chi connectivity index (χ0v) is 15.4. The molecule has 2 rings (SSSR count). The molecule has 2 heterocycles. The van der Waals surface area contributed by atoms with E-state index in [1.54, 1.807) is 23.5 Å². The normalized spacial score (nSPS) is 10.0. The smallest absolute Gasteiger partial charge is 0.148 e. The second-order valence-electron chi connectivity index (χ2n) is 4.69. The molecule has 8 heteroatoms. The third-order valence-corrected chi connectivity index (χ3v) is 5.31. The average molecular weight is 366 g/mol. The molecular formula is C17H14N6S2. The SMILES string of the molecule is CCN(CC)c1cnc(/C=C/c2ncc(C(C#N)=C(C#N)C#N)s2)s1. The molecule has 0 unspecified atom stereocenters. The third kappa shape index (κ3) is 4.30. The molecule has 0 bridgehead atoms. The molecule has 0 spiro atoms. The Morgan fingerprint density at radius 2 is 1.60 bits per heavy atom. The van der Waals surface area contributed by atoms with E-state index in [0.29, 0.717) is 9.88 Å². The van der Waals surface area contributed by atoms with Crippen LogP contribution in [0.2, 0.25) is 0 Å². The van der Waals surface area contributed by atoms with Gasteiger partial charge < -0.3 is 4.90 Å². The molecule has 0 saturated heterocycles. The summed E-state index contributed by atoms with van der Waals surface area (Å²) in [7, 11) is 0. The number of aromatic nitrogens is 2. The maximum Gasteiger partial charge on any atom is 0.148 e. The number of nitrogens with zero attached hydrogens (tertiary/aromatic N) is 6. The molecule has 0 radical (unpaired) electrons. The Kier molecular flexibility index (Phi) is 6.42.